The standard InChI is InChI=1S/C27H32N4O5/c1-16(2)24(28)27(36)30-22(13-17-7-11-21(33)12-8-17)25(34)31-23(15-32)26(35)29-20-10-9-18-5-3-4-6-19(18)14-20/h3-12,14,16,22-24,32-33H,13,15,28H2,1-2H3,(H,29,35)(H,30,36)(H,31,34). The van der Waals surface area contributed by atoms with Crippen LogP contribution in [0, 0.1) is 5.92 Å². The van der Waals surface area contributed by atoms with E-state index in [-0.39, 0.29) is 18.1 Å². The lowest BCUT2D eigenvalue weighted by atomic mass is 10.0. The van der Waals surface area contributed by atoms with E-state index in [1.54, 1.807) is 38.1 Å². The smallest absolute Gasteiger partial charge is 0.249 e. The number of aromatic hydroxyl groups is 1. The van der Waals surface area contributed by atoms with Crippen molar-refractivity contribution in [3.8, 4) is 5.75 Å². The number of aliphatic hydroxyl groups excluding tert-OH is 1. The Labute approximate surface area is 209 Å². The minimum atomic E-state index is -1.25. The maximum absolute atomic E-state index is 13.1. The number of phenols is 1. The molecule has 0 radical (unpaired) electrons. The fourth-order valence-electron chi connectivity index (χ4n) is 3.61. The van der Waals surface area contributed by atoms with E-state index in [4.69, 9.17) is 5.73 Å². The number of benzene rings is 3. The molecule has 36 heavy (non-hydrogen) atoms. The number of hydrogen-bond acceptors (Lipinski definition) is 6. The maximum atomic E-state index is 13.1. The first kappa shape index (κ1) is 26.7. The predicted molar refractivity (Wildman–Crippen MR) is 138 cm³/mol. The maximum Gasteiger partial charge on any atom is 0.249 e. The van der Waals surface area contributed by atoms with Crippen LogP contribution in [-0.4, -0.2) is 52.7 Å². The first-order valence-corrected chi connectivity index (χ1v) is 11.7. The number of fused-ring (bicyclic) bond motifs is 1. The summed E-state index contributed by atoms with van der Waals surface area (Å²) < 4.78 is 0. The second-order valence-corrected chi connectivity index (χ2v) is 9.00. The van der Waals surface area contributed by atoms with Gasteiger partial charge in [-0.15, -0.1) is 0 Å². The third-order valence-electron chi connectivity index (χ3n) is 5.86. The molecule has 7 N–H and O–H groups in total. The highest BCUT2D eigenvalue weighted by Gasteiger charge is 2.29. The van der Waals surface area contributed by atoms with Crippen molar-refractivity contribution in [2.75, 3.05) is 11.9 Å². The summed E-state index contributed by atoms with van der Waals surface area (Å²) in [6, 6.07) is 16.1. The van der Waals surface area contributed by atoms with Gasteiger partial charge in [0.05, 0.1) is 12.6 Å². The van der Waals surface area contributed by atoms with Crippen LogP contribution in [0.2, 0.25) is 0 Å². The highest BCUT2D eigenvalue weighted by Crippen LogP contribution is 2.19. The van der Waals surface area contributed by atoms with Gasteiger partial charge in [0, 0.05) is 12.1 Å². The van der Waals surface area contributed by atoms with E-state index in [0.29, 0.717) is 11.3 Å². The van der Waals surface area contributed by atoms with Gasteiger partial charge in [0.15, 0.2) is 0 Å². The average Bonchev–Trinajstić information content (AvgIpc) is 2.87. The molecule has 3 atom stereocenters. The lowest BCUT2D eigenvalue weighted by Gasteiger charge is -2.24. The van der Waals surface area contributed by atoms with Crippen molar-refractivity contribution in [1.82, 2.24) is 10.6 Å². The summed E-state index contributed by atoms with van der Waals surface area (Å²) in [4.78, 5) is 38.6. The first-order valence-electron chi connectivity index (χ1n) is 11.7. The number of carbonyl (C=O) groups is 3. The van der Waals surface area contributed by atoms with Crippen LogP contribution in [0.25, 0.3) is 10.8 Å². The van der Waals surface area contributed by atoms with E-state index < -0.39 is 42.5 Å². The van der Waals surface area contributed by atoms with Gasteiger partial charge in [0.2, 0.25) is 17.7 Å². The summed E-state index contributed by atoms with van der Waals surface area (Å²) in [7, 11) is 0. The first-order chi connectivity index (χ1) is 17.2. The zero-order valence-corrected chi connectivity index (χ0v) is 20.3. The van der Waals surface area contributed by atoms with E-state index in [1.807, 2.05) is 30.3 Å². The van der Waals surface area contributed by atoms with E-state index in [1.165, 1.54) is 12.1 Å². The number of nitrogens with one attached hydrogen (secondary N) is 3. The van der Waals surface area contributed by atoms with Crippen LogP contribution in [0.3, 0.4) is 0 Å². The Morgan fingerprint density at radius 2 is 1.47 bits per heavy atom. The average molecular weight is 493 g/mol. The van der Waals surface area contributed by atoms with Crippen LogP contribution >= 0.6 is 0 Å². The van der Waals surface area contributed by atoms with Gasteiger partial charge in [-0.05, 0) is 46.5 Å². The van der Waals surface area contributed by atoms with Gasteiger partial charge < -0.3 is 31.9 Å². The Morgan fingerprint density at radius 3 is 2.11 bits per heavy atom. The van der Waals surface area contributed by atoms with Crippen LogP contribution in [0.4, 0.5) is 5.69 Å². The molecular weight excluding hydrogens is 460 g/mol. The monoisotopic (exact) mass is 492 g/mol. The minimum Gasteiger partial charge on any atom is -0.508 e. The van der Waals surface area contributed by atoms with Crippen LogP contribution in [0.1, 0.15) is 19.4 Å². The molecule has 3 amide bonds. The van der Waals surface area contributed by atoms with E-state index in [2.05, 4.69) is 16.0 Å². The molecule has 3 unspecified atom stereocenters. The Kier molecular flexibility index (Phi) is 8.99. The Balaban J connectivity index is 1.73. The summed E-state index contributed by atoms with van der Waals surface area (Å²) in [5, 5.41) is 29.2. The molecule has 9 heteroatoms. The van der Waals surface area contributed by atoms with Crippen molar-refractivity contribution in [1.29, 1.82) is 0 Å². The van der Waals surface area contributed by atoms with E-state index in [9.17, 15) is 24.6 Å². The molecule has 0 fully saturated rings. The number of anilines is 1. The molecule has 0 bridgehead atoms. The summed E-state index contributed by atoms with van der Waals surface area (Å²) in [6.07, 6.45) is 0.0904. The van der Waals surface area contributed by atoms with Gasteiger partial charge in [0.1, 0.15) is 17.8 Å². The molecule has 3 aromatic carbocycles. The lowest BCUT2D eigenvalue weighted by molar-refractivity contribution is -0.132. The Hall–Kier alpha value is -3.95. The topological polar surface area (TPSA) is 154 Å². The van der Waals surface area contributed by atoms with Crippen molar-refractivity contribution in [2.45, 2.75) is 38.4 Å². The number of carbonyl (C=O) groups excluding carboxylic acids is 3. The normalized spacial score (nSPS) is 13.6. The highest BCUT2D eigenvalue weighted by molar-refractivity contribution is 6.00. The van der Waals surface area contributed by atoms with Crippen LogP contribution in [0.5, 0.6) is 5.75 Å². The van der Waals surface area contributed by atoms with Crippen LogP contribution in [-0.2, 0) is 20.8 Å². The third kappa shape index (κ3) is 7.03. The molecule has 3 rings (SSSR count). The number of hydrogen-bond donors (Lipinski definition) is 6. The molecule has 0 spiro atoms. The van der Waals surface area contributed by atoms with E-state index >= 15 is 0 Å². The Morgan fingerprint density at radius 1 is 0.833 bits per heavy atom. The number of rotatable bonds is 10. The summed E-state index contributed by atoms with van der Waals surface area (Å²) in [6.45, 7) is 2.94. The van der Waals surface area contributed by atoms with Gasteiger partial charge in [-0.25, -0.2) is 0 Å². The zero-order valence-electron chi connectivity index (χ0n) is 20.3. The zero-order chi connectivity index (χ0) is 26.2. The summed E-state index contributed by atoms with van der Waals surface area (Å²) >= 11 is 0. The molecule has 9 nitrogen and oxygen atoms in total. The van der Waals surface area contributed by atoms with Crippen molar-refractivity contribution < 1.29 is 24.6 Å². The second-order valence-electron chi connectivity index (χ2n) is 9.00. The van der Waals surface area contributed by atoms with Gasteiger partial charge in [-0.1, -0.05) is 56.3 Å². The minimum absolute atomic E-state index is 0.0660. The summed E-state index contributed by atoms with van der Waals surface area (Å²) in [5.74, 6) is -1.85. The molecule has 190 valence electrons. The number of amides is 3. The van der Waals surface area contributed by atoms with Crippen molar-refractivity contribution in [3.05, 3.63) is 72.3 Å². The van der Waals surface area contributed by atoms with Gasteiger partial charge in [-0.3, -0.25) is 14.4 Å². The van der Waals surface area contributed by atoms with Crippen LogP contribution < -0.4 is 21.7 Å². The molecule has 0 aliphatic rings. The molecule has 0 aliphatic carbocycles. The van der Waals surface area contributed by atoms with Crippen molar-refractivity contribution >= 4 is 34.2 Å². The lowest BCUT2D eigenvalue weighted by Crippen LogP contribution is -2.57. The van der Waals surface area contributed by atoms with Gasteiger partial charge in [0.25, 0.3) is 0 Å². The van der Waals surface area contributed by atoms with Gasteiger partial charge >= 0.3 is 0 Å². The predicted octanol–water partition coefficient (Wildman–Crippen LogP) is 1.67. The highest BCUT2D eigenvalue weighted by atomic mass is 16.3. The van der Waals surface area contributed by atoms with E-state index in [0.717, 1.165) is 10.8 Å². The summed E-state index contributed by atoms with van der Waals surface area (Å²) in [5.41, 5.74) is 7.13. The largest absolute Gasteiger partial charge is 0.508 e. The molecule has 0 saturated carbocycles. The number of phenolic OH excluding ortho intramolecular Hbond substituents is 1. The molecule has 0 aliphatic heterocycles. The van der Waals surface area contributed by atoms with Crippen molar-refractivity contribution in [2.24, 2.45) is 11.7 Å². The Bertz CT molecular complexity index is 1210. The quantitative estimate of drug-likeness (QED) is 0.253. The fourth-order valence-corrected chi connectivity index (χ4v) is 3.61. The van der Waals surface area contributed by atoms with Crippen molar-refractivity contribution in [3.63, 3.8) is 0 Å². The third-order valence-corrected chi connectivity index (χ3v) is 5.86. The number of nitrogens with two attached hydrogens (primary N) is 1. The number of aliphatic hydroxyl groups is 1. The van der Waals surface area contributed by atoms with Gasteiger partial charge in [-0.2, -0.15) is 0 Å². The van der Waals surface area contributed by atoms with Crippen LogP contribution in [0.15, 0.2) is 66.7 Å². The SMILES string of the molecule is CC(C)C(N)C(=O)NC(Cc1ccc(O)cc1)C(=O)NC(CO)C(=O)Nc1ccc2ccccc2c1. The second kappa shape index (κ2) is 12.1. The molecule has 0 saturated heterocycles. The fraction of sp³-hybridized carbons (Fsp3) is 0.296. The molecular formula is C27H32N4O5. The molecule has 3 aromatic rings. The molecule has 0 aromatic heterocycles. The molecule has 0 heterocycles.